The molecule has 0 saturated carbocycles. The van der Waals surface area contributed by atoms with Gasteiger partial charge in [0.15, 0.2) is 0 Å². The molecule has 0 aromatic carbocycles. The molecule has 1 fully saturated rings. The van der Waals surface area contributed by atoms with E-state index in [-0.39, 0.29) is 5.91 Å². The zero-order chi connectivity index (χ0) is 11.6. The maximum Gasteiger partial charge on any atom is 0.242 e. The zero-order valence-electron chi connectivity index (χ0n) is 10.5. The summed E-state index contributed by atoms with van der Waals surface area (Å²) in [6, 6.07) is 0.515. The molecule has 0 aromatic heterocycles. The molecule has 0 bridgehead atoms. The Bertz CT molecular complexity index is 238. The van der Waals surface area contributed by atoms with Crippen LogP contribution < -0.4 is 5.32 Å². The van der Waals surface area contributed by atoms with E-state index < -0.39 is 5.54 Å². The van der Waals surface area contributed by atoms with Crippen LogP contribution in [0.5, 0.6) is 0 Å². The summed E-state index contributed by atoms with van der Waals surface area (Å²) in [7, 11) is 5.97. The fourth-order valence-electron chi connectivity index (χ4n) is 1.85. The van der Waals surface area contributed by atoms with E-state index in [9.17, 15) is 4.79 Å². The zero-order valence-corrected chi connectivity index (χ0v) is 10.5. The Balaban J connectivity index is 2.58. The minimum Gasteiger partial charge on any atom is -0.339 e. The topological polar surface area (TPSA) is 35.6 Å². The van der Waals surface area contributed by atoms with Crippen molar-refractivity contribution < 1.29 is 4.79 Å². The average Bonchev–Trinajstić information content (AvgIpc) is 2.65. The monoisotopic (exact) mass is 213 g/mol. The van der Waals surface area contributed by atoms with Crippen LogP contribution in [0.1, 0.15) is 20.3 Å². The normalized spacial score (nSPS) is 22.5. The molecule has 4 heteroatoms. The van der Waals surface area contributed by atoms with E-state index >= 15 is 0 Å². The molecular formula is C11H23N3O. The summed E-state index contributed by atoms with van der Waals surface area (Å²) in [6.45, 7) is 5.60. The highest BCUT2D eigenvalue weighted by Gasteiger charge is 2.35. The third kappa shape index (κ3) is 2.69. The molecule has 1 amide bonds. The Morgan fingerprint density at radius 2 is 2.07 bits per heavy atom. The number of nitrogens with one attached hydrogen (secondary N) is 1. The molecule has 88 valence electrons. The first-order chi connectivity index (χ1) is 6.88. The quantitative estimate of drug-likeness (QED) is 0.725. The average molecular weight is 213 g/mol. The number of likely N-dealkylation sites (tertiary alicyclic amines) is 1. The predicted molar refractivity (Wildman–Crippen MR) is 61.8 cm³/mol. The van der Waals surface area contributed by atoms with Crippen molar-refractivity contribution in [2.75, 3.05) is 34.2 Å². The predicted octanol–water partition coefficient (Wildman–Crippen LogP) is 0.147. The lowest BCUT2D eigenvalue weighted by Gasteiger charge is -2.29. The SMILES string of the molecule is CNC(C)(C)C(=O)N1CCC(N(C)C)C1. The summed E-state index contributed by atoms with van der Waals surface area (Å²) in [6.07, 6.45) is 1.08. The molecule has 1 aliphatic rings. The number of carbonyl (C=O) groups excluding carboxylic acids is 1. The van der Waals surface area contributed by atoms with E-state index in [2.05, 4.69) is 24.3 Å². The van der Waals surface area contributed by atoms with Crippen LogP contribution in [0.2, 0.25) is 0 Å². The van der Waals surface area contributed by atoms with Crippen molar-refractivity contribution in [1.29, 1.82) is 0 Å². The van der Waals surface area contributed by atoms with Crippen molar-refractivity contribution in [2.45, 2.75) is 31.8 Å². The van der Waals surface area contributed by atoms with E-state index in [1.54, 1.807) is 0 Å². The highest BCUT2D eigenvalue weighted by molar-refractivity contribution is 5.85. The molecule has 0 radical (unpaired) electrons. The molecule has 0 spiro atoms. The van der Waals surface area contributed by atoms with Gasteiger partial charge in [0.1, 0.15) is 0 Å². The molecule has 1 unspecified atom stereocenters. The lowest BCUT2D eigenvalue weighted by molar-refractivity contribution is -0.135. The van der Waals surface area contributed by atoms with Crippen molar-refractivity contribution in [3.63, 3.8) is 0 Å². The highest BCUT2D eigenvalue weighted by atomic mass is 16.2. The van der Waals surface area contributed by atoms with Gasteiger partial charge in [-0.1, -0.05) is 0 Å². The van der Waals surface area contributed by atoms with E-state index in [1.165, 1.54) is 0 Å². The Hall–Kier alpha value is -0.610. The first kappa shape index (κ1) is 12.5. The number of hydrogen-bond acceptors (Lipinski definition) is 3. The number of likely N-dealkylation sites (N-methyl/N-ethyl adjacent to an activating group) is 2. The van der Waals surface area contributed by atoms with E-state index in [0.717, 1.165) is 19.5 Å². The summed E-state index contributed by atoms with van der Waals surface area (Å²) in [5.41, 5.74) is -0.443. The van der Waals surface area contributed by atoms with Crippen LogP contribution in [-0.4, -0.2) is 61.5 Å². The molecule has 1 saturated heterocycles. The van der Waals surface area contributed by atoms with Crippen molar-refractivity contribution in [3.05, 3.63) is 0 Å². The second-order valence-corrected chi connectivity index (χ2v) is 5.03. The molecular weight excluding hydrogens is 190 g/mol. The van der Waals surface area contributed by atoms with E-state index in [4.69, 9.17) is 0 Å². The number of nitrogens with zero attached hydrogens (tertiary/aromatic N) is 2. The van der Waals surface area contributed by atoms with Crippen molar-refractivity contribution in [2.24, 2.45) is 0 Å². The molecule has 1 N–H and O–H groups in total. The van der Waals surface area contributed by atoms with E-state index in [1.807, 2.05) is 25.8 Å². The summed E-state index contributed by atoms with van der Waals surface area (Å²) >= 11 is 0. The first-order valence-electron chi connectivity index (χ1n) is 5.53. The smallest absolute Gasteiger partial charge is 0.242 e. The van der Waals surface area contributed by atoms with Gasteiger partial charge in [-0.3, -0.25) is 4.79 Å². The van der Waals surface area contributed by atoms with Gasteiger partial charge in [-0.15, -0.1) is 0 Å². The molecule has 15 heavy (non-hydrogen) atoms. The van der Waals surface area contributed by atoms with Crippen molar-refractivity contribution in [1.82, 2.24) is 15.1 Å². The Labute approximate surface area is 92.6 Å². The third-order valence-electron chi connectivity index (χ3n) is 3.34. The standard InChI is InChI=1S/C11H23N3O/c1-11(2,12-3)10(15)14-7-6-9(8-14)13(4)5/h9,12H,6-8H2,1-5H3. The van der Waals surface area contributed by atoms with Gasteiger partial charge in [-0.2, -0.15) is 0 Å². The van der Waals surface area contributed by atoms with Crippen LogP contribution in [0.3, 0.4) is 0 Å². The second kappa shape index (κ2) is 4.49. The molecule has 1 atom stereocenters. The molecule has 1 heterocycles. The van der Waals surface area contributed by atoms with E-state index in [0.29, 0.717) is 6.04 Å². The fraction of sp³-hybridized carbons (Fsp3) is 0.909. The van der Waals surface area contributed by atoms with Crippen LogP contribution in [0, 0.1) is 0 Å². The second-order valence-electron chi connectivity index (χ2n) is 5.03. The highest BCUT2D eigenvalue weighted by Crippen LogP contribution is 2.17. The van der Waals surface area contributed by atoms with Crippen LogP contribution in [0.25, 0.3) is 0 Å². The summed E-state index contributed by atoms with van der Waals surface area (Å²) in [5.74, 6) is 0.203. The Morgan fingerprint density at radius 1 is 1.47 bits per heavy atom. The minimum atomic E-state index is -0.443. The van der Waals surface area contributed by atoms with Gasteiger partial charge in [0, 0.05) is 19.1 Å². The van der Waals surface area contributed by atoms with Gasteiger partial charge in [0.2, 0.25) is 5.91 Å². The molecule has 0 aromatic rings. The number of rotatable bonds is 3. The van der Waals surface area contributed by atoms with Crippen molar-refractivity contribution >= 4 is 5.91 Å². The minimum absolute atomic E-state index is 0.203. The summed E-state index contributed by atoms with van der Waals surface area (Å²) in [5, 5.41) is 3.06. The molecule has 0 aliphatic carbocycles. The third-order valence-corrected chi connectivity index (χ3v) is 3.34. The van der Waals surface area contributed by atoms with Crippen LogP contribution >= 0.6 is 0 Å². The lowest BCUT2D eigenvalue weighted by atomic mass is 10.0. The van der Waals surface area contributed by atoms with Gasteiger partial charge >= 0.3 is 0 Å². The van der Waals surface area contributed by atoms with Gasteiger partial charge in [-0.05, 0) is 41.4 Å². The largest absolute Gasteiger partial charge is 0.339 e. The molecule has 1 aliphatic heterocycles. The molecule has 4 nitrogen and oxygen atoms in total. The van der Waals surface area contributed by atoms with Crippen molar-refractivity contribution in [3.8, 4) is 0 Å². The van der Waals surface area contributed by atoms with Crippen LogP contribution in [-0.2, 0) is 4.79 Å². The van der Waals surface area contributed by atoms with Gasteiger partial charge in [0.25, 0.3) is 0 Å². The summed E-state index contributed by atoms with van der Waals surface area (Å²) in [4.78, 5) is 16.3. The Morgan fingerprint density at radius 3 is 2.47 bits per heavy atom. The number of carbonyl (C=O) groups is 1. The van der Waals surface area contributed by atoms with Gasteiger partial charge < -0.3 is 15.1 Å². The Kier molecular flexibility index (Phi) is 3.73. The van der Waals surface area contributed by atoms with Gasteiger partial charge in [-0.25, -0.2) is 0 Å². The summed E-state index contributed by atoms with van der Waals surface area (Å²) < 4.78 is 0. The van der Waals surface area contributed by atoms with Gasteiger partial charge in [0.05, 0.1) is 5.54 Å². The van der Waals surface area contributed by atoms with Crippen LogP contribution in [0.15, 0.2) is 0 Å². The molecule has 1 rings (SSSR count). The fourth-order valence-corrected chi connectivity index (χ4v) is 1.85. The maximum atomic E-state index is 12.1. The lowest BCUT2D eigenvalue weighted by Crippen LogP contribution is -2.52. The number of amides is 1. The maximum absolute atomic E-state index is 12.1. The first-order valence-corrected chi connectivity index (χ1v) is 5.53. The number of hydrogen-bond donors (Lipinski definition) is 1. The van der Waals surface area contributed by atoms with Crippen LogP contribution in [0.4, 0.5) is 0 Å².